The van der Waals surface area contributed by atoms with Gasteiger partial charge in [-0.1, -0.05) is 66.7 Å². The van der Waals surface area contributed by atoms with E-state index in [1.165, 1.54) is 11.1 Å². The summed E-state index contributed by atoms with van der Waals surface area (Å²) in [5.74, 6) is -1.39. The van der Waals surface area contributed by atoms with Gasteiger partial charge in [0.15, 0.2) is 0 Å². The molecule has 0 atom stereocenters. The Labute approximate surface area is 149 Å². The third kappa shape index (κ3) is 6.03. The van der Waals surface area contributed by atoms with Gasteiger partial charge in [-0.3, -0.25) is 4.79 Å². The Balaban J connectivity index is 1.66. The molecule has 0 radical (unpaired) electrons. The highest BCUT2D eigenvalue weighted by atomic mass is 16.5. The number of Topliss-reactive ketones (excluding diaryl/α,β-unsaturated/α-hetero) is 1. The van der Waals surface area contributed by atoms with Crippen molar-refractivity contribution >= 4 is 17.8 Å². The van der Waals surface area contributed by atoms with Crippen molar-refractivity contribution in [3.8, 4) is 0 Å². The molecule has 2 aromatic rings. The molecule has 130 valence electrons. The number of carbonyl (C=O) groups excluding carboxylic acids is 2. The number of rotatable bonds is 9. The Kier molecular flexibility index (Phi) is 7.15. The van der Waals surface area contributed by atoms with E-state index in [1.807, 2.05) is 0 Å². The van der Waals surface area contributed by atoms with Gasteiger partial charge in [-0.05, 0) is 43.7 Å². The second-order valence-electron chi connectivity index (χ2n) is 6.09. The van der Waals surface area contributed by atoms with E-state index >= 15 is 0 Å². The average Bonchev–Trinajstić information content (AvgIpc) is 2.64. The van der Waals surface area contributed by atoms with Crippen molar-refractivity contribution < 1.29 is 14.3 Å². The smallest absolute Gasteiger partial charge is 0.379 e. The number of hydrogen-bond acceptors (Lipinski definition) is 3. The molecule has 0 heterocycles. The van der Waals surface area contributed by atoms with Gasteiger partial charge in [-0.25, -0.2) is 4.79 Å². The number of benzene rings is 2. The van der Waals surface area contributed by atoms with E-state index < -0.39 is 11.8 Å². The van der Waals surface area contributed by atoms with E-state index in [-0.39, 0.29) is 6.61 Å². The van der Waals surface area contributed by atoms with Crippen molar-refractivity contribution in [3.05, 3.63) is 77.4 Å². The topological polar surface area (TPSA) is 43.4 Å². The summed E-state index contributed by atoms with van der Waals surface area (Å²) in [5, 5.41) is 0. The number of ketones is 1. The first-order chi connectivity index (χ1) is 12.1. The van der Waals surface area contributed by atoms with Crippen LogP contribution in [0.1, 0.15) is 46.3 Å². The zero-order chi connectivity index (χ0) is 18.1. The van der Waals surface area contributed by atoms with Gasteiger partial charge in [0.05, 0.1) is 6.61 Å². The molecule has 0 aliphatic carbocycles. The number of hydrogen-bond donors (Lipinski definition) is 0. The number of aryl methyl sites for hydroxylation is 2. The van der Waals surface area contributed by atoms with Crippen molar-refractivity contribution in [1.82, 2.24) is 0 Å². The first kappa shape index (κ1) is 18.7. The van der Waals surface area contributed by atoms with Gasteiger partial charge >= 0.3 is 5.97 Å². The van der Waals surface area contributed by atoms with Crippen LogP contribution in [0.4, 0.5) is 0 Å². The maximum absolute atomic E-state index is 12.0. The van der Waals surface area contributed by atoms with Crippen LogP contribution in [0.2, 0.25) is 0 Å². The van der Waals surface area contributed by atoms with Crippen LogP contribution in [0.3, 0.4) is 0 Å². The lowest BCUT2D eigenvalue weighted by molar-refractivity contribution is -0.138. The van der Waals surface area contributed by atoms with Crippen molar-refractivity contribution in [2.75, 3.05) is 6.61 Å². The predicted molar refractivity (Wildman–Crippen MR) is 101 cm³/mol. The second kappa shape index (κ2) is 9.58. The highest BCUT2D eigenvalue weighted by Gasteiger charge is 2.17. The number of ether oxygens (including phenoxy) is 1. The molecule has 3 heteroatoms. The first-order valence-corrected chi connectivity index (χ1v) is 8.59. The van der Waals surface area contributed by atoms with Crippen LogP contribution < -0.4 is 0 Å². The van der Waals surface area contributed by atoms with E-state index in [0.29, 0.717) is 5.56 Å². The Morgan fingerprint density at radius 1 is 1.04 bits per heavy atom. The molecule has 0 spiro atoms. The van der Waals surface area contributed by atoms with Gasteiger partial charge in [-0.15, -0.1) is 0 Å². The molecule has 0 saturated carbocycles. The zero-order valence-electron chi connectivity index (χ0n) is 14.7. The minimum absolute atomic E-state index is 0.281. The summed E-state index contributed by atoms with van der Waals surface area (Å²) in [6, 6.07) is 15.2. The lowest BCUT2D eigenvalue weighted by Crippen LogP contribution is -2.18. The standard InChI is InChI=1S/C22H24O3/c1-3-18-11-13-20(14-12-18)21(23)22(24)25-15-6-4-5-9-19-10-7-8-17(2)16-19/h3,7-8,10-14,16H,1,4-6,9,15H2,2H3. The van der Waals surface area contributed by atoms with Gasteiger partial charge in [0.25, 0.3) is 5.78 Å². The Bertz CT molecular complexity index is 729. The van der Waals surface area contributed by atoms with Gasteiger partial charge < -0.3 is 4.74 Å². The maximum Gasteiger partial charge on any atom is 0.379 e. The van der Waals surface area contributed by atoms with Gasteiger partial charge in [0.1, 0.15) is 0 Å². The zero-order valence-corrected chi connectivity index (χ0v) is 14.7. The molecule has 0 unspecified atom stereocenters. The van der Waals surface area contributed by atoms with E-state index in [1.54, 1.807) is 30.3 Å². The fraction of sp³-hybridized carbons (Fsp3) is 0.273. The monoisotopic (exact) mass is 336 g/mol. The van der Waals surface area contributed by atoms with Crippen LogP contribution >= 0.6 is 0 Å². The molecule has 2 aromatic carbocycles. The van der Waals surface area contributed by atoms with Crippen molar-refractivity contribution in [1.29, 1.82) is 0 Å². The molecule has 0 amide bonds. The Morgan fingerprint density at radius 2 is 1.80 bits per heavy atom. The van der Waals surface area contributed by atoms with Crippen molar-refractivity contribution in [3.63, 3.8) is 0 Å². The fourth-order valence-corrected chi connectivity index (χ4v) is 2.59. The number of carbonyl (C=O) groups is 2. The normalized spacial score (nSPS) is 10.3. The molecule has 25 heavy (non-hydrogen) atoms. The summed E-state index contributed by atoms with van der Waals surface area (Å²) in [4.78, 5) is 23.8. The number of unbranched alkanes of at least 4 members (excludes halogenated alkanes) is 2. The lowest BCUT2D eigenvalue weighted by atomic mass is 10.1. The van der Waals surface area contributed by atoms with Crippen LogP contribution in [-0.4, -0.2) is 18.4 Å². The summed E-state index contributed by atoms with van der Waals surface area (Å²) in [6.45, 7) is 6.02. The second-order valence-corrected chi connectivity index (χ2v) is 6.09. The van der Waals surface area contributed by atoms with Crippen LogP contribution in [0.5, 0.6) is 0 Å². The van der Waals surface area contributed by atoms with Crippen molar-refractivity contribution in [2.45, 2.75) is 32.6 Å². The molecule has 0 saturated heterocycles. The molecular weight excluding hydrogens is 312 g/mol. The predicted octanol–water partition coefficient (Wildman–Crippen LogP) is 4.78. The largest absolute Gasteiger partial charge is 0.460 e. The third-order valence-electron chi connectivity index (χ3n) is 4.02. The molecule has 2 rings (SSSR count). The molecule has 0 fully saturated rings. The van der Waals surface area contributed by atoms with Crippen LogP contribution in [0.25, 0.3) is 6.08 Å². The fourth-order valence-electron chi connectivity index (χ4n) is 2.59. The lowest BCUT2D eigenvalue weighted by Gasteiger charge is -2.05. The molecule has 3 nitrogen and oxygen atoms in total. The summed E-state index contributed by atoms with van der Waals surface area (Å²) < 4.78 is 5.08. The Morgan fingerprint density at radius 3 is 2.48 bits per heavy atom. The molecule has 0 aliphatic rings. The van der Waals surface area contributed by atoms with Gasteiger partial charge in [-0.2, -0.15) is 0 Å². The quantitative estimate of drug-likeness (QED) is 0.286. The molecular formula is C22H24O3. The molecule has 0 aromatic heterocycles. The summed E-state index contributed by atoms with van der Waals surface area (Å²) in [7, 11) is 0. The van der Waals surface area contributed by atoms with E-state index in [9.17, 15) is 9.59 Å². The first-order valence-electron chi connectivity index (χ1n) is 8.59. The summed E-state index contributed by atoms with van der Waals surface area (Å²) in [5.41, 5.74) is 3.84. The summed E-state index contributed by atoms with van der Waals surface area (Å²) >= 11 is 0. The number of esters is 1. The SMILES string of the molecule is C=Cc1ccc(C(=O)C(=O)OCCCCCc2cccc(C)c2)cc1. The molecule has 0 aliphatic heterocycles. The van der Waals surface area contributed by atoms with E-state index in [4.69, 9.17) is 4.74 Å². The van der Waals surface area contributed by atoms with Crippen LogP contribution in [0.15, 0.2) is 55.1 Å². The summed E-state index contributed by atoms with van der Waals surface area (Å²) in [6.07, 6.45) is 5.47. The van der Waals surface area contributed by atoms with Gasteiger partial charge in [0.2, 0.25) is 0 Å². The van der Waals surface area contributed by atoms with Crippen LogP contribution in [0, 0.1) is 6.92 Å². The van der Waals surface area contributed by atoms with E-state index in [0.717, 1.165) is 31.2 Å². The van der Waals surface area contributed by atoms with Crippen LogP contribution in [-0.2, 0) is 16.0 Å². The maximum atomic E-state index is 12.0. The van der Waals surface area contributed by atoms with E-state index in [2.05, 4.69) is 37.8 Å². The average molecular weight is 336 g/mol. The highest BCUT2D eigenvalue weighted by Crippen LogP contribution is 2.10. The van der Waals surface area contributed by atoms with Gasteiger partial charge in [0, 0.05) is 5.56 Å². The van der Waals surface area contributed by atoms with Crippen molar-refractivity contribution in [2.24, 2.45) is 0 Å². The molecule has 0 N–H and O–H groups in total. The highest BCUT2D eigenvalue weighted by molar-refractivity contribution is 6.40. The molecule has 0 bridgehead atoms. The minimum Gasteiger partial charge on any atom is -0.460 e. The third-order valence-corrected chi connectivity index (χ3v) is 4.02. The minimum atomic E-state index is -0.787. The Hall–Kier alpha value is -2.68.